The number of benzene rings is 2. The zero-order valence-corrected chi connectivity index (χ0v) is 15.1. The molecule has 0 aliphatic heterocycles. The van der Waals surface area contributed by atoms with Crippen LogP contribution in [0.1, 0.15) is 69.8 Å². The highest BCUT2D eigenvalue weighted by molar-refractivity contribution is 5.65. The Labute approximate surface area is 150 Å². The average molecular weight is 342 g/mol. The van der Waals surface area contributed by atoms with Gasteiger partial charge in [0.05, 0.1) is 5.56 Å². The second kappa shape index (κ2) is 8.60. The molecular weight excluding hydrogens is 314 g/mol. The number of halogens is 2. The first-order chi connectivity index (χ1) is 12.2. The maximum Gasteiger partial charge on any atom is 0.133 e. The highest BCUT2D eigenvalue weighted by Crippen LogP contribution is 2.38. The molecule has 2 aromatic carbocycles. The molecule has 0 unspecified atom stereocenters. The molecule has 0 spiro atoms. The Morgan fingerprint density at radius 1 is 0.840 bits per heavy atom. The van der Waals surface area contributed by atoms with Crippen LogP contribution in [0.4, 0.5) is 8.78 Å². The summed E-state index contributed by atoms with van der Waals surface area (Å²) >= 11 is 0. The summed E-state index contributed by atoms with van der Waals surface area (Å²) < 4.78 is 27.8. The van der Waals surface area contributed by atoms with E-state index in [1.54, 1.807) is 0 Å². The van der Waals surface area contributed by atoms with Gasteiger partial charge < -0.3 is 0 Å². The van der Waals surface area contributed by atoms with Crippen molar-refractivity contribution in [1.82, 2.24) is 0 Å². The van der Waals surface area contributed by atoms with Crippen LogP contribution in [0, 0.1) is 17.6 Å². The Morgan fingerprint density at radius 3 is 2.08 bits per heavy atom. The van der Waals surface area contributed by atoms with Gasteiger partial charge in [0.15, 0.2) is 0 Å². The molecule has 25 heavy (non-hydrogen) atoms. The largest absolute Gasteiger partial charge is 0.206 e. The van der Waals surface area contributed by atoms with Crippen molar-refractivity contribution in [1.29, 1.82) is 0 Å². The van der Waals surface area contributed by atoms with Crippen molar-refractivity contribution in [2.45, 2.75) is 64.2 Å². The fourth-order valence-electron chi connectivity index (χ4n) is 4.16. The summed E-state index contributed by atoms with van der Waals surface area (Å²) in [4.78, 5) is 0. The van der Waals surface area contributed by atoms with Crippen LogP contribution in [0.15, 0.2) is 42.5 Å². The molecule has 2 heteroatoms. The summed E-state index contributed by atoms with van der Waals surface area (Å²) in [5.41, 5.74) is 2.01. The minimum absolute atomic E-state index is 0.0775. The van der Waals surface area contributed by atoms with Crippen LogP contribution >= 0.6 is 0 Å². The van der Waals surface area contributed by atoms with Gasteiger partial charge in [-0.2, -0.15) is 0 Å². The predicted octanol–water partition coefficient (Wildman–Crippen LogP) is 7.49. The summed E-state index contributed by atoms with van der Waals surface area (Å²) in [7, 11) is 0. The van der Waals surface area contributed by atoms with Crippen molar-refractivity contribution >= 4 is 0 Å². The predicted molar refractivity (Wildman–Crippen MR) is 101 cm³/mol. The van der Waals surface area contributed by atoms with Gasteiger partial charge in [-0.1, -0.05) is 62.9 Å². The summed E-state index contributed by atoms with van der Waals surface area (Å²) in [5, 5.41) is 0. The molecule has 2 aromatic rings. The van der Waals surface area contributed by atoms with E-state index in [1.165, 1.54) is 75.1 Å². The Morgan fingerprint density at radius 2 is 1.48 bits per heavy atom. The highest BCUT2D eigenvalue weighted by atomic mass is 19.1. The van der Waals surface area contributed by atoms with Crippen LogP contribution in [0.2, 0.25) is 0 Å². The van der Waals surface area contributed by atoms with Gasteiger partial charge in [-0.05, 0) is 60.8 Å². The molecule has 0 atom stereocenters. The van der Waals surface area contributed by atoms with E-state index >= 15 is 0 Å². The third-order valence-electron chi connectivity index (χ3n) is 5.70. The normalized spacial score (nSPS) is 20.6. The minimum Gasteiger partial charge on any atom is -0.206 e. The Kier molecular flexibility index (Phi) is 6.23. The molecule has 0 aromatic heterocycles. The number of rotatable bonds is 6. The SMILES string of the molecule is CCCCCC1CCC(c2ccc(-c3c(F)cccc3F)cc2)CC1. The lowest BCUT2D eigenvalue weighted by Crippen LogP contribution is -2.13. The van der Waals surface area contributed by atoms with E-state index in [0.29, 0.717) is 11.5 Å². The van der Waals surface area contributed by atoms with Gasteiger partial charge in [0.25, 0.3) is 0 Å². The van der Waals surface area contributed by atoms with E-state index in [2.05, 4.69) is 19.1 Å². The highest BCUT2D eigenvalue weighted by Gasteiger charge is 2.22. The van der Waals surface area contributed by atoms with Gasteiger partial charge in [-0.15, -0.1) is 0 Å². The lowest BCUT2D eigenvalue weighted by atomic mass is 9.77. The maximum absolute atomic E-state index is 13.9. The quantitative estimate of drug-likeness (QED) is 0.477. The second-order valence-electron chi connectivity index (χ2n) is 7.43. The number of unbranched alkanes of at least 4 members (excludes halogenated alkanes) is 2. The van der Waals surface area contributed by atoms with Crippen molar-refractivity contribution in [2.24, 2.45) is 5.92 Å². The average Bonchev–Trinajstić information content (AvgIpc) is 2.63. The lowest BCUT2D eigenvalue weighted by molar-refractivity contribution is 0.303. The maximum atomic E-state index is 13.9. The van der Waals surface area contributed by atoms with Crippen molar-refractivity contribution in [3.8, 4) is 11.1 Å². The molecule has 0 N–H and O–H groups in total. The van der Waals surface area contributed by atoms with Crippen LogP contribution < -0.4 is 0 Å². The van der Waals surface area contributed by atoms with Crippen molar-refractivity contribution in [3.63, 3.8) is 0 Å². The van der Waals surface area contributed by atoms with Crippen LogP contribution in [0.25, 0.3) is 11.1 Å². The minimum atomic E-state index is -0.500. The molecular formula is C23H28F2. The molecule has 134 valence electrons. The van der Waals surface area contributed by atoms with E-state index in [1.807, 2.05) is 12.1 Å². The smallest absolute Gasteiger partial charge is 0.133 e. The standard InChI is InChI=1S/C23H28F2/c1-2-3-4-6-17-9-11-18(12-10-17)19-13-15-20(16-14-19)23-21(24)7-5-8-22(23)25/h5,7-8,13-18H,2-4,6,9-12H2,1H3. The first-order valence-electron chi connectivity index (χ1n) is 9.73. The summed E-state index contributed by atoms with van der Waals surface area (Å²) in [5.74, 6) is 0.497. The van der Waals surface area contributed by atoms with E-state index in [-0.39, 0.29) is 5.56 Å². The van der Waals surface area contributed by atoms with Gasteiger partial charge in [-0.25, -0.2) is 8.78 Å². The summed E-state index contributed by atoms with van der Waals surface area (Å²) in [6.07, 6.45) is 10.5. The summed E-state index contributed by atoms with van der Waals surface area (Å²) in [6.45, 7) is 2.26. The fraction of sp³-hybridized carbons (Fsp3) is 0.478. The summed E-state index contributed by atoms with van der Waals surface area (Å²) in [6, 6.07) is 11.9. The van der Waals surface area contributed by atoms with Crippen LogP contribution in [0.5, 0.6) is 0 Å². The lowest BCUT2D eigenvalue weighted by Gasteiger charge is -2.29. The van der Waals surface area contributed by atoms with Crippen molar-refractivity contribution in [3.05, 3.63) is 59.7 Å². The van der Waals surface area contributed by atoms with E-state index in [9.17, 15) is 8.78 Å². The molecule has 0 saturated heterocycles. The molecule has 3 rings (SSSR count). The van der Waals surface area contributed by atoms with Crippen LogP contribution in [0.3, 0.4) is 0 Å². The van der Waals surface area contributed by atoms with Gasteiger partial charge in [0, 0.05) is 0 Å². The van der Waals surface area contributed by atoms with Crippen LogP contribution in [-0.2, 0) is 0 Å². The van der Waals surface area contributed by atoms with Crippen LogP contribution in [-0.4, -0.2) is 0 Å². The zero-order valence-electron chi connectivity index (χ0n) is 15.1. The topological polar surface area (TPSA) is 0 Å². The van der Waals surface area contributed by atoms with Crippen molar-refractivity contribution < 1.29 is 8.78 Å². The molecule has 0 radical (unpaired) electrons. The third kappa shape index (κ3) is 4.48. The van der Waals surface area contributed by atoms with E-state index < -0.39 is 11.6 Å². The molecule has 1 saturated carbocycles. The Balaban J connectivity index is 1.62. The molecule has 1 fully saturated rings. The van der Waals surface area contributed by atoms with Gasteiger partial charge in [-0.3, -0.25) is 0 Å². The Bertz CT molecular complexity index is 647. The molecule has 0 nitrogen and oxygen atoms in total. The van der Waals surface area contributed by atoms with Gasteiger partial charge >= 0.3 is 0 Å². The first-order valence-corrected chi connectivity index (χ1v) is 9.73. The van der Waals surface area contributed by atoms with E-state index in [4.69, 9.17) is 0 Å². The fourth-order valence-corrected chi connectivity index (χ4v) is 4.16. The molecule has 0 heterocycles. The van der Waals surface area contributed by atoms with Gasteiger partial charge in [0.2, 0.25) is 0 Å². The monoisotopic (exact) mass is 342 g/mol. The second-order valence-corrected chi connectivity index (χ2v) is 7.43. The zero-order chi connectivity index (χ0) is 17.6. The molecule has 1 aliphatic rings. The molecule has 1 aliphatic carbocycles. The molecule has 0 bridgehead atoms. The third-order valence-corrected chi connectivity index (χ3v) is 5.70. The van der Waals surface area contributed by atoms with Gasteiger partial charge in [0.1, 0.15) is 11.6 Å². The molecule has 0 amide bonds. The number of hydrogen-bond donors (Lipinski definition) is 0. The van der Waals surface area contributed by atoms with E-state index in [0.717, 1.165) is 5.92 Å². The Hall–Kier alpha value is -1.70. The first kappa shape index (κ1) is 18.1. The number of hydrogen-bond acceptors (Lipinski definition) is 0. The van der Waals surface area contributed by atoms with Crippen molar-refractivity contribution in [2.75, 3.05) is 0 Å².